The molecule has 18 heteroatoms. The van der Waals surface area contributed by atoms with E-state index >= 15 is 0 Å². The lowest BCUT2D eigenvalue weighted by Crippen LogP contribution is -2.62. The highest BCUT2D eigenvalue weighted by atomic mass is 32.2. The van der Waals surface area contributed by atoms with Gasteiger partial charge >= 0.3 is 0 Å². The van der Waals surface area contributed by atoms with Crippen LogP contribution in [-0.4, -0.2) is 122 Å². The fraction of sp³-hybridized carbons (Fsp3) is 0.490. The lowest BCUT2D eigenvalue weighted by molar-refractivity contribution is -0.384. The highest BCUT2D eigenvalue weighted by Crippen LogP contribution is 2.55. The Bertz CT molecular complexity index is 2900. The van der Waals surface area contributed by atoms with Crippen molar-refractivity contribution in [3.05, 3.63) is 106 Å². The summed E-state index contributed by atoms with van der Waals surface area (Å²) in [5, 5.41) is 16.5. The van der Waals surface area contributed by atoms with Gasteiger partial charge in [0.15, 0.2) is 11.4 Å². The van der Waals surface area contributed by atoms with Gasteiger partial charge in [0.25, 0.3) is 21.6 Å². The van der Waals surface area contributed by atoms with Crippen molar-refractivity contribution in [1.29, 1.82) is 0 Å². The van der Waals surface area contributed by atoms with E-state index in [-0.39, 0.29) is 47.5 Å². The number of nitro benzene ring substituents is 1. The van der Waals surface area contributed by atoms with Gasteiger partial charge in [0.05, 0.1) is 59.6 Å². The lowest BCUT2D eigenvalue weighted by atomic mass is 9.59. The molecule has 69 heavy (non-hydrogen) atoms. The minimum absolute atomic E-state index is 0.0154. The van der Waals surface area contributed by atoms with E-state index in [1.54, 1.807) is 41.7 Å². The zero-order valence-electron chi connectivity index (χ0n) is 38.7. The van der Waals surface area contributed by atoms with Gasteiger partial charge in [-0.2, -0.15) is 0 Å². The number of aromatic nitrogens is 2. The molecule has 2 aliphatic carbocycles. The van der Waals surface area contributed by atoms with E-state index in [9.17, 15) is 23.3 Å². The van der Waals surface area contributed by atoms with Gasteiger partial charge in [-0.15, -0.1) is 0 Å². The molecule has 17 nitrogen and oxygen atoms in total. The number of fused-ring (bicyclic) bond motifs is 2. The smallest absolute Gasteiger partial charge is 0.297 e. The number of hydrogen-bond donors (Lipinski definition) is 3. The molecule has 6 fully saturated rings. The first kappa shape index (κ1) is 44.4. The van der Waals surface area contributed by atoms with Crippen LogP contribution in [0.15, 0.2) is 84.0 Å². The van der Waals surface area contributed by atoms with Gasteiger partial charge in [-0.3, -0.25) is 24.7 Å². The number of likely N-dealkylation sites (tertiary alicyclic amines) is 1. The lowest BCUT2D eigenvalue weighted by Gasteiger charge is -2.56. The molecular weight excluding hydrogens is 901 g/mol. The average molecular weight is 959 g/mol. The zero-order valence-corrected chi connectivity index (χ0v) is 39.5. The summed E-state index contributed by atoms with van der Waals surface area (Å²) in [6.45, 7) is 7.37. The number of amides is 1. The number of carbonyl (C=O) groups is 1. The summed E-state index contributed by atoms with van der Waals surface area (Å²) in [6, 6.07) is 21.3. The van der Waals surface area contributed by atoms with Gasteiger partial charge in [0.1, 0.15) is 23.8 Å². The summed E-state index contributed by atoms with van der Waals surface area (Å²) in [4.78, 5) is 40.5. The van der Waals surface area contributed by atoms with E-state index in [0.29, 0.717) is 55.3 Å². The molecule has 0 bridgehead atoms. The van der Waals surface area contributed by atoms with E-state index < -0.39 is 37.5 Å². The number of nitrogens with zero attached hydrogens (tertiary/aromatic N) is 5. The van der Waals surface area contributed by atoms with E-state index in [0.717, 1.165) is 49.0 Å². The average Bonchev–Trinajstić information content (AvgIpc) is 3.87. The van der Waals surface area contributed by atoms with Crippen LogP contribution in [0, 0.1) is 15.5 Å². The Kier molecular flexibility index (Phi) is 11.3. The monoisotopic (exact) mass is 958 g/mol. The maximum atomic E-state index is 14.2. The van der Waals surface area contributed by atoms with Gasteiger partial charge in [0.2, 0.25) is 0 Å². The summed E-state index contributed by atoms with van der Waals surface area (Å²) in [7, 11) is -4.68. The molecule has 7 aliphatic rings. The molecule has 5 aromatic rings. The number of piperidine rings is 1. The van der Waals surface area contributed by atoms with Crippen LogP contribution in [0.2, 0.25) is 0 Å². The Balaban J connectivity index is 0.752. The second kappa shape index (κ2) is 17.6. The number of benzene rings is 3. The summed E-state index contributed by atoms with van der Waals surface area (Å²) in [5.41, 5.74) is 4.46. The number of hydrogen-bond acceptors (Lipinski definition) is 14. The molecule has 362 valence electrons. The number of aromatic amines is 1. The molecule has 2 aromatic heterocycles. The van der Waals surface area contributed by atoms with Gasteiger partial charge in [-0.25, -0.2) is 18.1 Å². The van der Waals surface area contributed by atoms with Crippen molar-refractivity contribution < 1.29 is 37.1 Å². The minimum atomic E-state index is -4.68. The maximum Gasteiger partial charge on any atom is 0.297 e. The van der Waals surface area contributed by atoms with Crippen LogP contribution in [0.1, 0.15) is 91.7 Å². The normalized spacial score (nSPS) is 25.3. The molecule has 5 aliphatic heterocycles. The molecule has 4 saturated heterocycles. The molecule has 3 aromatic carbocycles. The van der Waals surface area contributed by atoms with E-state index in [2.05, 4.69) is 65.9 Å². The summed E-state index contributed by atoms with van der Waals surface area (Å²) < 4.78 is 54.3. The Morgan fingerprint density at radius 3 is 2.52 bits per heavy atom. The van der Waals surface area contributed by atoms with Crippen LogP contribution < -0.4 is 24.4 Å². The molecule has 0 radical (unpaired) electrons. The third kappa shape index (κ3) is 8.47. The van der Waals surface area contributed by atoms with Crippen molar-refractivity contribution in [3.8, 4) is 17.2 Å². The molecule has 3 N–H and O–H groups in total. The van der Waals surface area contributed by atoms with E-state index in [4.69, 9.17) is 18.9 Å². The van der Waals surface area contributed by atoms with Gasteiger partial charge in [0, 0.05) is 73.2 Å². The number of sulfonamides is 1. The first-order valence-electron chi connectivity index (χ1n) is 24.6. The first-order valence-corrected chi connectivity index (χ1v) is 26.0. The van der Waals surface area contributed by atoms with Crippen molar-refractivity contribution in [2.45, 2.75) is 105 Å². The van der Waals surface area contributed by atoms with Gasteiger partial charge < -0.3 is 34.1 Å². The van der Waals surface area contributed by atoms with Crippen molar-refractivity contribution in [1.82, 2.24) is 24.5 Å². The number of pyridine rings is 1. The molecular formula is C51H58N8O9S. The fourth-order valence-corrected chi connectivity index (χ4v) is 13.0. The second-order valence-corrected chi connectivity index (χ2v) is 22.1. The number of anilines is 2. The topological polar surface area (TPSA) is 194 Å². The third-order valence-electron chi connectivity index (χ3n) is 16.1. The molecule has 1 amide bonds. The van der Waals surface area contributed by atoms with Crippen LogP contribution in [0.25, 0.3) is 11.0 Å². The Labute approximate surface area is 401 Å². The molecule has 2 saturated carbocycles. The number of nitrogens with one attached hydrogen (secondary N) is 3. The number of rotatable bonds is 12. The minimum Gasteiger partial charge on any atom is -0.489 e. The van der Waals surface area contributed by atoms with Gasteiger partial charge in [-0.05, 0) is 112 Å². The number of carbonyl (C=O) groups excluding carboxylic acids is 1. The molecule has 12 rings (SSSR count). The number of nitro groups is 1. The zero-order chi connectivity index (χ0) is 47.0. The highest BCUT2D eigenvalue weighted by Gasteiger charge is 2.50. The van der Waals surface area contributed by atoms with Crippen molar-refractivity contribution >= 4 is 44.0 Å². The number of ether oxygens (including phenoxy) is 4. The maximum absolute atomic E-state index is 14.2. The standard InChI is InChI=1S/C51H58N8O9S/c1-31-27-66-47(26-58(31)36-28-65-29-36)42-30-67-46-22-38(21-44(59(61)62)48(46)54-42)69(63,64)55-50(60)41-11-10-34(20-45(41)68-37-19-33-12-15-52-49(33)53-25-37)56-17-13-51(14-18-56)23-35(24-51)57-16-4-7-43(57)40-6-3-2-5-39(40)32-8-9-32/h2-3,5-6,10-12,15,19-22,25,31-32,35-36,42-43,47,54H,4,7-9,13-14,16-18,23-24,26-30H2,1H3,(H,52,53)(H,55,60)/t31-,42-,43+,47-/m1/s1. The summed E-state index contributed by atoms with van der Waals surface area (Å²) in [5.74, 6) is 0.266. The van der Waals surface area contributed by atoms with Crippen LogP contribution in [-0.2, 0) is 19.5 Å². The van der Waals surface area contributed by atoms with Crippen LogP contribution in [0.3, 0.4) is 0 Å². The van der Waals surface area contributed by atoms with E-state index in [1.807, 2.05) is 12.1 Å². The highest BCUT2D eigenvalue weighted by molar-refractivity contribution is 7.90. The van der Waals surface area contributed by atoms with Gasteiger partial charge in [-0.1, -0.05) is 24.3 Å². The second-order valence-electron chi connectivity index (χ2n) is 20.4. The molecule has 7 heterocycles. The van der Waals surface area contributed by atoms with Crippen molar-refractivity contribution in [2.24, 2.45) is 5.41 Å². The Morgan fingerprint density at radius 2 is 1.75 bits per heavy atom. The molecule has 1 spiro atoms. The first-order chi connectivity index (χ1) is 33.5. The third-order valence-corrected chi connectivity index (χ3v) is 17.4. The summed E-state index contributed by atoms with van der Waals surface area (Å²) >= 11 is 0. The number of H-pyrrole nitrogens is 1. The van der Waals surface area contributed by atoms with Crippen molar-refractivity contribution in [3.63, 3.8) is 0 Å². The summed E-state index contributed by atoms with van der Waals surface area (Å²) in [6.07, 6.45) is 12.6. The van der Waals surface area contributed by atoms with Crippen LogP contribution >= 0.6 is 0 Å². The molecule has 0 unspecified atom stereocenters. The predicted molar refractivity (Wildman–Crippen MR) is 258 cm³/mol. The number of morpholine rings is 1. The van der Waals surface area contributed by atoms with Crippen molar-refractivity contribution in [2.75, 3.05) is 62.8 Å². The Hall–Kier alpha value is -5.79. The Morgan fingerprint density at radius 1 is 0.942 bits per heavy atom. The molecule has 4 atom stereocenters. The van der Waals surface area contributed by atoms with Crippen LogP contribution in [0.5, 0.6) is 17.2 Å². The SMILES string of the molecule is C[C@@H]1CO[C@@H]([C@H]2COc3cc(S(=O)(=O)NC(=O)c4ccc(N5CCC6(CC5)CC(N5CCC[C@H]5c5ccccc5C5CC5)C6)cc4Oc4cnc5[nH]ccc5c4)cc([N+](=O)[O-])c3N2)CN1C1COC1. The predicted octanol–water partition coefficient (Wildman–Crippen LogP) is 7.51. The van der Waals surface area contributed by atoms with Crippen LogP contribution in [0.4, 0.5) is 17.1 Å². The van der Waals surface area contributed by atoms with E-state index in [1.165, 1.54) is 51.1 Å². The quantitative estimate of drug-likeness (QED) is 0.0822. The fourth-order valence-electron chi connectivity index (χ4n) is 12.0. The largest absolute Gasteiger partial charge is 0.489 e.